The van der Waals surface area contributed by atoms with E-state index in [4.69, 9.17) is 0 Å². The van der Waals surface area contributed by atoms with Crippen LogP contribution in [-0.2, 0) is 0 Å². The van der Waals surface area contributed by atoms with Crippen molar-refractivity contribution < 1.29 is 14.0 Å². The molecular weight excluding hydrogens is 349 g/mol. The predicted octanol–water partition coefficient (Wildman–Crippen LogP) is 3.58. The molecule has 8 heteroatoms. The smallest absolute Gasteiger partial charge is 0.275 e. The zero-order chi connectivity index (χ0) is 19.2. The number of amides is 2. The molecule has 0 aliphatic carbocycles. The number of hydrogen-bond donors (Lipinski definition) is 4. The molecule has 2 amide bonds. The van der Waals surface area contributed by atoms with Crippen LogP contribution in [0.4, 0.5) is 15.8 Å². The van der Waals surface area contributed by atoms with Gasteiger partial charge in [0.15, 0.2) is 0 Å². The number of allylic oxidation sites excluding steroid dienone is 2. The predicted molar refractivity (Wildman–Crippen MR) is 101 cm³/mol. The Balaban J connectivity index is 1.70. The van der Waals surface area contributed by atoms with Gasteiger partial charge in [-0.05, 0) is 36.4 Å². The Bertz CT molecular complexity index is 1000. The second kappa shape index (κ2) is 7.96. The first kappa shape index (κ1) is 17.9. The van der Waals surface area contributed by atoms with Crippen LogP contribution in [-0.4, -0.2) is 27.0 Å². The van der Waals surface area contributed by atoms with Gasteiger partial charge in [-0.25, -0.2) is 4.39 Å². The highest BCUT2D eigenvalue weighted by Gasteiger charge is 2.17. The third-order valence-electron chi connectivity index (χ3n) is 3.60. The van der Waals surface area contributed by atoms with Crippen LogP contribution in [0.2, 0.25) is 0 Å². The highest BCUT2D eigenvalue weighted by Crippen LogP contribution is 2.17. The van der Waals surface area contributed by atoms with Crippen molar-refractivity contribution in [2.24, 2.45) is 0 Å². The first-order valence-electron chi connectivity index (χ1n) is 7.96. The van der Waals surface area contributed by atoms with E-state index >= 15 is 0 Å². The summed E-state index contributed by atoms with van der Waals surface area (Å²) in [7, 11) is 0. The fourth-order valence-corrected chi connectivity index (χ4v) is 2.29. The van der Waals surface area contributed by atoms with Gasteiger partial charge in [-0.2, -0.15) is 5.10 Å². The molecule has 0 aliphatic heterocycles. The van der Waals surface area contributed by atoms with Crippen molar-refractivity contribution in [3.8, 4) is 0 Å². The van der Waals surface area contributed by atoms with Crippen LogP contribution >= 0.6 is 0 Å². The minimum Gasteiger partial charge on any atom is -0.361 e. The average molecular weight is 365 g/mol. The van der Waals surface area contributed by atoms with E-state index in [-0.39, 0.29) is 11.4 Å². The van der Waals surface area contributed by atoms with Crippen molar-refractivity contribution in [1.29, 1.82) is 0 Å². The lowest BCUT2D eigenvalue weighted by Gasteiger charge is -2.06. The van der Waals surface area contributed by atoms with Crippen molar-refractivity contribution >= 4 is 29.3 Å². The Labute approximate surface area is 154 Å². The number of nitrogens with one attached hydrogen (secondary N) is 4. The zero-order valence-electron chi connectivity index (χ0n) is 14.1. The number of hydrogen-bond acceptors (Lipinski definition) is 3. The van der Waals surface area contributed by atoms with E-state index < -0.39 is 17.6 Å². The van der Waals surface area contributed by atoms with Crippen LogP contribution in [0.15, 0.2) is 61.5 Å². The molecule has 0 saturated heterocycles. The van der Waals surface area contributed by atoms with Crippen molar-refractivity contribution in [2.75, 3.05) is 10.6 Å². The molecular formula is C19H16FN5O2. The van der Waals surface area contributed by atoms with E-state index in [1.807, 2.05) is 0 Å². The minimum absolute atomic E-state index is 0.0787. The summed E-state index contributed by atoms with van der Waals surface area (Å²) >= 11 is 0. The van der Waals surface area contributed by atoms with Crippen LogP contribution in [0.25, 0.3) is 6.08 Å². The first-order valence-corrected chi connectivity index (χ1v) is 7.96. The number of halogens is 1. The molecule has 3 rings (SSSR count). The van der Waals surface area contributed by atoms with Gasteiger partial charge in [-0.3, -0.25) is 14.7 Å². The molecule has 4 N–H and O–H groups in total. The van der Waals surface area contributed by atoms with Gasteiger partial charge in [-0.1, -0.05) is 18.7 Å². The first-order chi connectivity index (χ1) is 13.1. The Hall–Kier alpha value is -3.94. The van der Waals surface area contributed by atoms with Crippen LogP contribution in [0.3, 0.4) is 0 Å². The Morgan fingerprint density at radius 3 is 2.67 bits per heavy atom. The lowest BCUT2D eigenvalue weighted by atomic mass is 10.2. The van der Waals surface area contributed by atoms with Crippen molar-refractivity contribution in [3.05, 3.63) is 84.2 Å². The van der Waals surface area contributed by atoms with Crippen molar-refractivity contribution in [2.45, 2.75) is 0 Å². The molecule has 0 saturated carbocycles. The maximum absolute atomic E-state index is 12.9. The summed E-state index contributed by atoms with van der Waals surface area (Å²) in [6.45, 7) is 3.58. The average Bonchev–Trinajstić information content (AvgIpc) is 3.31. The number of aromatic amines is 2. The standard InChI is InChI=1S/C19H16FN5O2/c1-2-3-4-15-9-12(10-21-15)18(26)24-16-11-22-25-17(16)19(27)23-14-7-5-13(20)6-8-14/h2-11,21H,1H2,(H,22,25)(H,23,27)(H,24,26)/b4-3-. The highest BCUT2D eigenvalue weighted by molar-refractivity contribution is 6.11. The van der Waals surface area contributed by atoms with E-state index in [1.54, 1.807) is 30.5 Å². The third kappa shape index (κ3) is 4.37. The summed E-state index contributed by atoms with van der Waals surface area (Å²) in [6.07, 6.45) is 8.02. The summed E-state index contributed by atoms with van der Waals surface area (Å²) in [5.74, 6) is -1.32. The van der Waals surface area contributed by atoms with Crippen LogP contribution in [0, 0.1) is 5.82 Å². The molecule has 1 aromatic carbocycles. The van der Waals surface area contributed by atoms with Gasteiger partial charge in [0.1, 0.15) is 11.5 Å². The largest absolute Gasteiger partial charge is 0.361 e. The molecule has 0 spiro atoms. The summed E-state index contributed by atoms with van der Waals surface area (Å²) < 4.78 is 12.9. The maximum atomic E-state index is 12.9. The number of rotatable bonds is 6. The monoisotopic (exact) mass is 365 g/mol. The molecule has 0 atom stereocenters. The second-order valence-electron chi connectivity index (χ2n) is 5.51. The van der Waals surface area contributed by atoms with Gasteiger partial charge < -0.3 is 15.6 Å². The molecule has 7 nitrogen and oxygen atoms in total. The van der Waals surface area contributed by atoms with E-state index in [1.165, 1.54) is 30.5 Å². The minimum atomic E-state index is -0.516. The molecule has 2 heterocycles. The van der Waals surface area contributed by atoms with Gasteiger partial charge in [0, 0.05) is 17.6 Å². The number of benzene rings is 1. The fourth-order valence-electron chi connectivity index (χ4n) is 2.29. The summed E-state index contributed by atoms with van der Waals surface area (Å²) in [6, 6.07) is 6.98. The van der Waals surface area contributed by atoms with E-state index in [2.05, 4.69) is 32.4 Å². The quantitative estimate of drug-likeness (QED) is 0.502. The number of anilines is 2. The summed E-state index contributed by atoms with van der Waals surface area (Å²) in [5, 5.41) is 11.6. The fraction of sp³-hybridized carbons (Fsp3) is 0. The lowest BCUT2D eigenvalue weighted by Crippen LogP contribution is -2.17. The molecule has 27 heavy (non-hydrogen) atoms. The molecule has 3 aromatic rings. The Kier molecular flexibility index (Phi) is 5.27. The van der Waals surface area contributed by atoms with Crippen molar-refractivity contribution in [3.63, 3.8) is 0 Å². The van der Waals surface area contributed by atoms with Crippen LogP contribution in [0.1, 0.15) is 26.5 Å². The summed E-state index contributed by atoms with van der Waals surface area (Å²) in [5.41, 5.74) is 1.85. The Morgan fingerprint density at radius 1 is 1.15 bits per heavy atom. The number of nitrogens with zero attached hydrogens (tertiary/aromatic N) is 1. The van der Waals surface area contributed by atoms with E-state index in [0.29, 0.717) is 11.3 Å². The van der Waals surface area contributed by atoms with E-state index in [9.17, 15) is 14.0 Å². The van der Waals surface area contributed by atoms with Gasteiger partial charge in [-0.15, -0.1) is 0 Å². The Morgan fingerprint density at radius 2 is 1.93 bits per heavy atom. The highest BCUT2D eigenvalue weighted by atomic mass is 19.1. The van der Waals surface area contributed by atoms with Gasteiger partial charge >= 0.3 is 0 Å². The van der Waals surface area contributed by atoms with Gasteiger partial charge in [0.05, 0.1) is 17.4 Å². The van der Waals surface area contributed by atoms with Crippen molar-refractivity contribution in [1.82, 2.24) is 15.2 Å². The molecule has 0 fully saturated rings. The normalized spacial score (nSPS) is 10.7. The lowest BCUT2D eigenvalue weighted by molar-refractivity contribution is 0.102. The molecule has 0 unspecified atom stereocenters. The van der Waals surface area contributed by atoms with Crippen LogP contribution < -0.4 is 10.6 Å². The number of carbonyl (C=O) groups is 2. The second-order valence-corrected chi connectivity index (χ2v) is 5.51. The number of aromatic nitrogens is 3. The zero-order valence-corrected chi connectivity index (χ0v) is 14.1. The summed E-state index contributed by atoms with van der Waals surface area (Å²) in [4.78, 5) is 27.7. The van der Waals surface area contributed by atoms with E-state index in [0.717, 1.165) is 5.69 Å². The van der Waals surface area contributed by atoms with Crippen LogP contribution in [0.5, 0.6) is 0 Å². The maximum Gasteiger partial charge on any atom is 0.275 e. The number of H-pyrrole nitrogens is 2. The molecule has 0 radical (unpaired) electrons. The molecule has 0 aliphatic rings. The SMILES string of the molecule is C=C/C=C\c1cc(C(=O)Nc2cn[nH]c2C(=O)Nc2ccc(F)cc2)c[nH]1. The third-order valence-corrected chi connectivity index (χ3v) is 3.60. The van der Waals surface area contributed by atoms with Gasteiger partial charge in [0.25, 0.3) is 11.8 Å². The topological polar surface area (TPSA) is 103 Å². The number of carbonyl (C=O) groups excluding carboxylic acids is 2. The van der Waals surface area contributed by atoms with Gasteiger partial charge in [0.2, 0.25) is 0 Å². The molecule has 0 bridgehead atoms. The molecule has 136 valence electrons. The molecule has 2 aromatic heterocycles.